The number of hydrogen-bond donors (Lipinski definition) is 1. The van der Waals surface area contributed by atoms with Crippen molar-refractivity contribution >= 4 is 27.2 Å². The molecule has 0 bridgehead atoms. The van der Waals surface area contributed by atoms with Gasteiger partial charge in [0.05, 0.1) is 17.0 Å². The number of hydrogen-bond acceptors (Lipinski definition) is 5. The lowest BCUT2D eigenvalue weighted by Gasteiger charge is -2.22. The van der Waals surface area contributed by atoms with Crippen molar-refractivity contribution in [3.63, 3.8) is 0 Å². The maximum Gasteiger partial charge on any atom is 0.287 e. The molecule has 2 fully saturated rings. The molecule has 1 saturated heterocycles. The second-order valence-corrected chi connectivity index (χ2v) is 9.19. The highest BCUT2D eigenvalue weighted by Crippen LogP contribution is 2.22. The van der Waals surface area contributed by atoms with E-state index in [2.05, 4.69) is 10.3 Å². The summed E-state index contributed by atoms with van der Waals surface area (Å²) in [7, 11) is -1.51. The average Bonchev–Trinajstić information content (AvgIpc) is 3.22. The van der Waals surface area contributed by atoms with Gasteiger partial charge in [-0.3, -0.25) is 14.0 Å². The van der Waals surface area contributed by atoms with E-state index in [1.165, 1.54) is 4.90 Å². The second kappa shape index (κ2) is 6.08. The molecule has 2 aromatic heterocycles. The molecule has 0 radical (unpaired) electrons. The molecular weight excluding hydrogens is 356 g/mol. The minimum absolute atomic E-state index is 0.0317. The van der Waals surface area contributed by atoms with Crippen LogP contribution < -0.4 is 5.32 Å². The summed E-state index contributed by atoms with van der Waals surface area (Å²) in [5.41, 5.74) is 0.699. The van der Waals surface area contributed by atoms with E-state index in [0.29, 0.717) is 11.9 Å². The molecule has 1 aliphatic heterocycles. The predicted molar refractivity (Wildman–Crippen MR) is 94.8 cm³/mol. The quantitative estimate of drug-likeness (QED) is 0.837. The molecule has 8 nitrogen and oxygen atoms in total. The highest BCUT2D eigenvalue weighted by atomic mass is 32.2. The van der Waals surface area contributed by atoms with Crippen molar-refractivity contribution in [2.75, 3.05) is 18.6 Å². The van der Waals surface area contributed by atoms with Crippen LogP contribution in [0.15, 0.2) is 24.4 Å². The Morgan fingerprint density at radius 3 is 2.69 bits per heavy atom. The van der Waals surface area contributed by atoms with Gasteiger partial charge in [-0.2, -0.15) is 0 Å². The van der Waals surface area contributed by atoms with E-state index in [9.17, 15) is 18.0 Å². The molecule has 26 heavy (non-hydrogen) atoms. The van der Waals surface area contributed by atoms with Crippen LogP contribution in [-0.4, -0.2) is 65.2 Å². The Bertz CT molecular complexity index is 993. The van der Waals surface area contributed by atoms with Crippen molar-refractivity contribution in [3.8, 4) is 0 Å². The monoisotopic (exact) mass is 376 g/mol. The number of aromatic nitrogens is 2. The van der Waals surface area contributed by atoms with Crippen LogP contribution in [0.3, 0.4) is 0 Å². The summed E-state index contributed by atoms with van der Waals surface area (Å²) >= 11 is 0. The Labute approximate surface area is 151 Å². The zero-order valence-corrected chi connectivity index (χ0v) is 15.2. The van der Waals surface area contributed by atoms with Crippen LogP contribution in [0.4, 0.5) is 0 Å². The fourth-order valence-electron chi connectivity index (χ4n) is 3.25. The molecular formula is C17H20N4O4S. The fourth-order valence-corrected chi connectivity index (χ4v) is 5.02. The number of amides is 2. The Kier molecular flexibility index (Phi) is 3.98. The second-order valence-electron chi connectivity index (χ2n) is 6.96. The summed E-state index contributed by atoms with van der Waals surface area (Å²) in [4.78, 5) is 31.2. The first-order chi connectivity index (χ1) is 12.4. The van der Waals surface area contributed by atoms with Crippen LogP contribution in [0.2, 0.25) is 0 Å². The van der Waals surface area contributed by atoms with Crippen molar-refractivity contribution < 1.29 is 18.0 Å². The lowest BCUT2D eigenvalue weighted by molar-refractivity contribution is 0.0744. The lowest BCUT2D eigenvalue weighted by Crippen LogP contribution is -2.38. The normalized spacial score (nSPS) is 21.7. The summed E-state index contributed by atoms with van der Waals surface area (Å²) in [5, 5.41) is 2.88. The van der Waals surface area contributed by atoms with E-state index in [0.717, 1.165) is 12.8 Å². The Morgan fingerprint density at radius 2 is 2.04 bits per heavy atom. The van der Waals surface area contributed by atoms with Gasteiger partial charge < -0.3 is 10.2 Å². The lowest BCUT2D eigenvalue weighted by atomic mass is 10.2. The van der Waals surface area contributed by atoms with Crippen LogP contribution >= 0.6 is 0 Å². The van der Waals surface area contributed by atoms with Gasteiger partial charge in [0.25, 0.3) is 11.8 Å². The molecule has 0 aromatic carbocycles. The first-order valence-corrected chi connectivity index (χ1v) is 10.4. The highest BCUT2D eigenvalue weighted by Gasteiger charge is 2.35. The Hall–Kier alpha value is -2.42. The first-order valence-electron chi connectivity index (χ1n) is 8.61. The summed E-state index contributed by atoms with van der Waals surface area (Å²) in [6.07, 6.45) is 4.03. The van der Waals surface area contributed by atoms with E-state index < -0.39 is 9.84 Å². The summed E-state index contributed by atoms with van der Waals surface area (Å²) in [6.45, 7) is 0. The number of pyridine rings is 1. The van der Waals surface area contributed by atoms with Crippen LogP contribution in [0, 0.1) is 0 Å². The van der Waals surface area contributed by atoms with Crippen LogP contribution in [0.5, 0.6) is 0 Å². The molecule has 3 heterocycles. The van der Waals surface area contributed by atoms with Crippen LogP contribution in [-0.2, 0) is 9.84 Å². The van der Waals surface area contributed by atoms with E-state index in [1.807, 2.05) is 0 Å². The molecule has 1 aliphatic carbocycles. The third-order valence-electron chi connectivity index (χ3n) is 4.94. The maximum absolute atomic E-state index is 13.0. The topological polar surface area (TPSA) is 101 Å². The molecule has 138 valence electrons. The number of nitrogens with one attached hydrogen (secondary N) is 1. The SMILES string of the molecule is CN(C(=O)c1nc(C(=O)NC2CC2)n2ccccc12)C1CCS(=O)(=O)C1. The minimum Gasteiger partial charge on any atom is -0.347 e. The van der Waals surface area contributed by atoms with E-state index in [4.69, 9.17) is 0 Å². The third-order valence-corrected chi connectivity index (χ3v) is 6.69. The highest BCUT2D eigenvalue weighted by molar-refractivity contribution is 7.91. The number of imidazole rings is 1. The van der Waals surface area contributed by atoms with E-state index in [1.54, 1.807) is 35.8 Å². The number of rotatable bonds is 4. The van der Waals surface area contributed by atoms with Gasteiger partial charge in [-0.25, -0.2) is 13.4 Å². The van der Waals surface area contributed by atoms with Crippen molar-refractivity contribution in [3.05, 3.63) is 35.9 Å². The van der Waals surface area contributed by atoms with Gasteiger partial charge in [0.1, 0.15) is 0 Å². The van der Waals surface area contributed by atoms with E-state index in [-0.39, 0.29) is 46.9 Å². The van der Waals surface area contributed by atoms with E-state index >= 15 is 0 Å². The van der Waals surface area contributed by atoms with Gasteiger partial charge in [0.2, 0.25) is 5.82 Å². The number of fused-ring (bicyclic) bond motifs is 1. The van der Waals surface area contributed by atoms with Gasteiger partial charge in [-0.05, 0) is 31.4 Å². The number of sulfone groups is 1. The molecule has 2 aromatic rings. The molecule has 4 rings (SSSR count). The van der Waals surface area contributed by atoms with Gasteiger partial charge in [0, 0.05) is 25.3 Å². The summed E-state index contributed by atoms with van der Waals surface area (Å²) < 4.78 is 25.0. The Morgan fingerprint density at radius 1 is 1.27 bits per heavy atom. The molecule has 1 N–H and O–H groups in total. The van der Waals surface area contributed by atoms with Gasteiger partial charge in [-0.1, -0.05) is 6.07 Å². The summed E-state index contributed by atoms with van der Waals surface area (Å²) in [6, 6.07) is 5.09. The van der Waals surface area contributed by atoms with Gasteiger partial charge >= 0.3 is 0 Å². The number of carbonyl (C=O) groups is 2. The molecule has 2 amide bonds. The zero-order valence-electron chi connectivity index (χ0n) is 14.4. The average molecular weight is 376 g/mol. The molecule has 1 saturated carbocycles. The fraction of sp³-hybridized carbons (Fsp3) is 0.471. The Balaban J connectivity index is 1.67. The minimum atomic E-state index is -3.10. The van der Waals surface area contributed by atoms with Crippen molar-refractivity contribution in [1.29, 1.82) is 0 Å². The van der Waals surface area contributed by atoms with Crippen molar-refractivity contribution in [2.45, 2.75) is 31.3 Å². The third kappa shape index (κ3) is 3.07. The molecule has 2 aliphatic rings. The first kappa shape index (κ1) is 17.0. The summed E-state index contributed by atoms with van der Waals surface area (Å²) in [5.74, 6) is -0.451. The largest absolute Gasteiger partial charge is 0.347 e. The molecule has 9 heteroatoms. The van der Waals surface area contributed by atoms with Crippen LogP contribution in [0.25, 0.3) is 5.52 Å². The predicted octanol–water partition coefficient (Wildman–Crippen LogP) is 0.486. The van der Waals surface area contributed by atoms with Crippen LogP contribution in [0.1, 0.15) is 40.4 Å². The smallest absolute Gasteiger partial charge is 0.287 e. The zero-order chi connectivity index (χ0) is 18.5. The standard InChI is InChI=1S/C17H20N4O4S/c1-20(12-7-9-26(24,25)10-12)17(23)14-13-4-2-3-8-21(13)15(19-14)16(22)18-11-5-6-11/h2-4,8,11-12H,5-7,9-10H2,1H3,(H,18,22). The maximum atomic E-state index is 13.0. The molecule has 0 spiro atoms. The number of carbonyl (C=O) groups excluding carboxylic acids is 2. The molecule has 1 atom stereocenters. The number of nitrogens with zero attached hydrogens (tertiary/aromatic N) is 3. The van der Waals surface area contributed by atoms with Crippen molar-refractivity contribution in [2.24, 2.45) is 0 Å². The van der Waals surface area contributed by atoms with Gasteiger partial charge in [-0.15, -0.1) is 0 Å². The van der Waals surface area contributed by atoms with Gasteiger partial charge in [0.15, 0.2) is 15.5 Å². The van der Waals surface area contributed by atoms with Crippen molar-refractivity contribution in [1.82, 2.24) is 19.6 Å². The molecule has 1 unspecified atom stereocenters.